The van der Waals surface area contributed by atoms with E-state index in [4.69, 9.17) is 0 Å². The van der Waals surface area contributed by atoms with Crippen LogP contribution in [0.15, 0.2) is 6.20 Å². The summed E-state index contributed by atoms with van der Waals surface area (Å²) in [5, 5.41) is 4.90. The van der Waals surface area contributed by atoms with Crippen molar-refractivity contribution in [3.8, 4) is 0 Å². The minimum atomic E-state index is 0.385. The van der Waals surface area contributed by atoms with Crippen LogP contribution in [-0.2, 0) is 6.42 Å². The molecule has 2 nitrogen and oxygen atoms in total. The second-order valence-electron chi connectivity index (χ2n) is 5.51. The van der Waals surface area contributed by atoms with E-state index >= 15 is 0 Å². The highest BCUT2D eigenvalue weighted by atomic mass is 32.1. The summed E-state index contributed by atoms with van der Waals surface area (Å²) in [4.78, 5) is 5.90. The lowest BCUT2D eigenvalue weighted by molar-refractivity contribution is 0.436. The highest BCUT2D eigenvalue weighted by molar-refractivity contribution is 7.11. The SMILES string of the molecule is CCCCCCCC(C)NC(C)c1ncc(CC)s1. The van der Waals surface area contributed by atoms with Crippen LogP contribution in [0.5, 0.6) is 0 Å². The zero-order valence-electron chi connectivity index (χ0n) is 13.0. The smallest absolute Gasteiger partial charge is 0.109 e. The van der Waals surface area contributed by atoms with Crippen LogP contribution < -0.4 is 5.32 Å². The van der Waals surface area contributed by atoms with Crippen LogP contribution in [0.3, 0.4) is 0 Å². The fourth-order valence-corrected chi connectivity index (χ4v) is 3.19. The maximum Gasteiger partial charge on any atom is 0.109 e. The van der Waals surface area contributed by atoms with E-state index in [0.29, 0.717) is 12.1 Å². The molecule has 3 heteroatoms. The van der Waals surface area contributed by atoms with Crippen LogP contribution in [0.1, 0.15) is 82.1 Å². The summed E-state index contributed by atoms with van der Waals surface area (Å²) in [6.07, 6.45) is 11.2. The van der Waals surface area contributed by atoms with E-state index in [1.54, 1.807) is 0 Å². The van der Waals surface area contributed by atoms with Gasteiger partial charge in [-0.1, -0.05) is 46.0 Å². The number of rotatable bonds is 10. The summed E-state index contributed by atoms with van der Waals surface area (Å²) in [5.74, 6) is 0. The fraction of sp³-hybridized carbons (Fsp3) is 0.812. The van der Waals surface area contributed by atoms with Crippen molar-refractivity contribution < 1.29 is 0 Å². The fourth-order valence-electron chi connectivity index (χ4n) is 2.32. The van der Waals surface area contributed by atoms with Gasteiger partial charge in [-0.15, -0.1) is 11.3 Å². The Hall–Kier alpha value is -0.410. The van der Waals surface area contributed by atoms with E-state index in [1.165, 1.54) is 48.4 Å². The lowest BCUT2D eigenvalue weighted by Gasteiger charge is -2.18. The molecule has 1 N–H and O–H groups in total. The zero-order valence-corrected chi connectivity index (χ0v) is 13.9. The maximum absolute atomic E-state index is 4.52. The molecule has 1 aromatic rings. The molecular formula is C16H30N2S. The Kier molecular flexibility index (Phi) is 8.31. The number of nitrogens with zero attached hydrogens (tertiary/aromatic N) is 1. The van der Waals surface area contributed by atoms with E-state index < -0.39 is 0 Å². The molecule has 2 unspecified atom stereocenters. The van der Waals surface area contributed by atoms with Crippen molar-refractivity contribution in [1.82, 2.24) is 10.3 Å². The van der Waals surface area contributed by atoms with Crippen molar-refractivity contribution in [3.05, 3.63) is 16.1 Å². The largest absolute Gasteiger partial charge is 0.306 e. The average Bonchev–Trinajstić information content (AvgIpc) is 2.87. The number of aromatic nitrogens is 1. The van der Waals surface area contributed by atoms with E-state index in [-0.39, 0.29) is 0 Å². The Bertz CT molecular complexity index is 335. The standard InChI is InChI=1S/C16H30N2S/c1-5-7-8-9-10-11-13(3)18-14(4)16-17-12-15(6-2)19-16/h12-14,18H,5-11H2,1-4H3. The van der Waals surface area contributed by atoms with Crippen molar-refractivity contribution >= 4 is 11.3 Å². The normalized spacial score (nSPS) is 14.5. The molecule has 0 bridgehead atoms. The van der Waals surface area contributed by atoms with Crippen LogP contribution in [0.2, 0.25) is 0 Å². The molecule has 0 aliphatic rings. The van der Waals surface area contributed by atoms with Gasteiger partial charge in [-0.25, -0.2) is 4.98 Å². The second-order valence-corrected chi connectivity index (χ2v) is 6.66. The number of thiazole rings is 1. The monoisotopic (exact) mass is 282 g/mol. The van der Waals surface area contributed by atoms with E-state index in [9.17, 15) is 0 Å². The molecule has 0 saturated carbocycles. The molecule has 0 saturated heterocycles. The summed E-state index contributed by atoms with van der Waals surface area (Å²) in [5.41, 5.74) is 0. The molecule has 0 aliphatic carbocycles. The highest BCUT2D eigenvalue weighted by Crippen LogP contribution is 2.21. The quantitative estimate of drug-likeness (QED) is 0.603. The molecule has 1 rings (SSSR count). The van der Waals surface area contributed by atoms with Gasteiger partial charge in [0.25, 0.3) is 0 Å². The first-order valence-electron chi connectivity index (χ1n) is 7.88. The molecule has 0 fully saturated rings. The molecule has 110 valence electrons. The molecule has 1 heterocycles. The van der Waals surface area contributed by atoms with Gasteiger partial charge < -0.3 is 5.32 Å². The maximum atomic E-state index is 4.52. The van der Waals surface area contributed by atoms with Gasteiger partial charge in [-0.2, -0.15) is 0 Å². The second kappa shape index (κ2) is 9.49. The van der Waals surface area contributed by atoms with Crippen LogP contribution in [0.25, 0.3) is 0 Å². The molecule has 1 aromatic heterocycles. The predicted octanol–water partition coefficient (Wildman–Crippen LogP) is 5.11. The summed E-state index contributed by atoms with van der Waals surface area (Å²) in [6, 6.07) is 0.974. The Morgan fingerprint density at radius 1 is 1.16 bits per heavy atom. The van der Waals surface area contributed by atoms with Crippen LogP contribution in [0.4, 0.5) is 0 Å². The van der Waals surface area contributed by atoms with E-state index in [1.807, 2.05) is 17.5 Å². The molecule has 0 aliphatic heterocycles. The van der Waals surface area contributed by atoms with Gasteiger partial charge >= 0.3 is 0 Å². The van der Waals surface area contributed by atoms with Gasteiger partial charge in [-0.3, -0.25) is 0 Å². The number of aryl methyl sites for hydroxylation is 1. The summed E-state index contributed by atoms with van der Waals surface area (Å²) < 4.78 is 0. The predicted molar refractivity (Wildman–Crippen MR) is 85.9 cm³/mol. The first-order valence-corrected chi connectivity index (χ1v) is 8.69. The third kappa shape index (κ3) is 6.53. The minimum absolute atomic E-state index is 0.385. The van der Waals surface area contributed by atoms with Crippen molar-refractivity contribution in [1.29, 1.82) is 0 Å². The van der Waals surface area contributed by atoms with E-state index in [2.05, 4.69) is 38.0 Å². The number of nitrogens with one attached hydrogen (secondary N) is 1. The van der Waals surface area contributed by atoms with Gasteiger partial charge in [0.2, 0.25) is 0 Å². The van der Waals surface area contributed by atoms with Gasteiger partial charge in [0.1, 0.15) is 5.01 Å². The lowest BCUT2D eigenvalue weighted by Crippen LogP contribution is -2.28. The molecule has 0 amide bonds. The topological polar surface area (TPSA) is 24.9 Å². The number of hydrogen-bond donors (Lipinski definition) is 1. The summed E-state index contributed by atoms with van der Waals surface area (Å²) >= 11 is 1.84. The molecule has 0 aromatic carbocycles. The van der Waals surface area contributed by atoms with Crippen LogP contribution in [-0.4, -0.2) is 11.0 Å². The van der Waals surface area contributed by atoms with Gasteiger partial charge in [0.05, 0.1) is 6.04 Å². The molecule has 2 atom stereocenters. The van der Waals surface area contributed by atoms with Gasteiger partial charge in [0.15, 0.2) is 0 Å². The first-order chi connectivity index (χ1) is 9.17. The highest BCUT2D eigenvalue weighted by Gasteiger charge is 2.12. The zero-order chi connectivity index (χ0) is 14.1. The van der Waals surface area contributed by atoms with Gasteiger partial charge in [-0.05, 0) is 26.7 Å². The number of hydrogen-bond acceptors (Lipinski definition) is 3. The van der Waals surface area contributed by atoms with Crippen molar-refractivity contribution in [2.24, 2.45) is 0 Å². The van der Waals surface area contributed by atoms with Crippen molar-refractivity contribution in [2.75, 3.05) is 0 Å². The summed E-state index contributed by atoms with van der Waals surface area (Å²) in [6.45, 7) is 8.98. The van der Waals surface area contributed by atoms with Crippen molar-refractivity contribution in [3.63, 3.8) is 0 Å². The van der Waals surface area contributed by atoms with Crippen LogP contribution in [0, 0.1) is 0 Å². The Morgan fingerprint density at radius 2 is 1.89 bits per heavy atom. The molecule has 0 spiro atoms. The van der Waals surface area contributed by atoms with Crippen molar-refractivity contribution in [2.45, 2.75) is 84.7 Å². The third-order valence-electron chi connectivity index (χ3n) is 3.57. The average molecular weight is 282 g/mol. The van der Waals surface area contributed by atoms with E-state index in [0.717, 1.165) is 6.42 Å². The molecule has 0 radical (unpaired) electrons. The van der Waals surface area contributed by atoms with Gasteiger partial charge in [0, 0.05) is 17.1 Å². The Balaban J connectivity index is 2.21. The Morgan fingerprint density at radius 3 is 2.53 bits per heavy atom. The lowest BCUT2D eigenvalue weighted by atomic mass is 10.1. The first kappa shape index (κ1) is 16.6. The van der Waals surface area contributed by atoms with Crippen LogP contribution >= 0.6 is 11.3 Å². The third-order valence-corrected chi connectivity index (χ3v) is 4.89. The molecule has 19 heavy (non-hydrogen) atoms. The number of unbranched alkanes of at least 4 members (excludes halogenated alkanes) is 4. The minimum Gasteiger partial charge on any atom is -0.306 e. The summed E-state index contributed by atoms with van der Waals surface area (Å²) in [7, 11) is 0. The molecular weight excluding hydrogens is 252 g/mol. The Labute approximate surface area is 123 Å².